The van der Waals surface area contributed by atoms with E-state index < -0.39 is 11.6 Å². The first-order valence-corrected chi connectivity index (χ1v) is 9.76. The van der Waals surface area contributed by atoms with E-state index in [9.17, 15) is 14.4 Å². The van der Waals surface area contributed by atoms with Crippen LogP contribution in [0.1, 0.15) is 56.9 Å². The number of carbonyl (C=O) groups excluding carboxylic acids is 3. The highest BCUT2D eigenvalue weighted by atomic mass is 32.1. The fourth-order valence-electron chi connectivity index (χ4n) is 3.86. The van der Waals surface area contributed by atoms with Crippen LogP contribution in [0.4, 0.5) is 4.79 Å². The molecule has 1 aliphatic carbocycles. The van der Waals surface area contributed by atoms with Crippen molar-refractivity contribution in [2.24, 2.45) is 5.92 Å². The molecule has 3 rings (SSSR count). The van der Waals surface area contributed by atoms with Crippen molar-refractivity contribution in [2.75, 3.05) is 6.54 Å². The van der Waals surface area contributed by atoms with Gasteiger partial charge in [-0.05, 0) is 44.1 Å². The van der Waals surface area contributed by atoms with Crippen LogP contribution in [0, 0.1) is 5.92 Å². The van der Waals surface area contributed by atoms with E-state index in [-0.39, 0.29) is 30.3 Å². The smallest absolute Gasteiger partial charge is 0.325 e. The molecule has 6 nitrogen and oxygen atoms in total. The number of amides is 4. The van der Waals surface area contributed by atoms with Crippen molar-refractivity contribution >= 4 is 29.2 Å². The fourth-order valence-corrected chi connectivity index (χ4v) is 4.59. The normalized spacial score (nSPS) is 25.8. The average molecular weight is 363 g/mol. The van der Waals surface area contributed by atoms with E-state index >= 15 is 0 Å². The van der Waals surface area contributed by atoms with Crippen molar-refractivity contribution in [1.82, 2.24) is 15.5 Å². The van der Waals surface area contributed by atoms with Gasteiger partial charge in [-0.2, -0.15) is 0 Å². The SMILES string of the molecule is C[C@@H](NC(=O)CN1C(=O)N[C@](C)(C2CCCCC2)C1=O)c1cccs1. The molecule has 4 amide bonds. The van der Waals surface area contributed by atoms with Gasteiger partial charge >= 0.3 is 6.03 Å². The average Bonchev–Trinajstić information content (AvgIpc) is 3.20. The summed E-state index contributed by atoms with van der Waals surface area (Å²) >= 11 is 1.56. The minimum atomic E-state index is -0.878. The maximum atomic E-state index is 12.9. The summed E-state index contributed by atoms with van der Waals surface area (Å²) in [6.07, 6.45) is 5.24. The van der Waals surface area contributed by atoms with Crippen LogP contribution >= 0.6 is 11.3 Å². The van der Waals surface area contributed by atoms with E-state index in [1.165, 1.54) is 6.42 Å². The summed E-state index contributed by atoms with van der Waals surface area (Å²) in [6, 6.07) is 3.27. The predicted octanol–water partition coefficient (Wildman–Crippen LogP) is 2.82. The summed E-state index contributed by atoms with van der Waals surface area (Å²) in [5.41, 5.74) is -0.878. The van der Waals surface area contributed by atoms with Gasteiger partial charge in [0, 0.05) is 4.88 Å². The standard InChI is InChI=1S/C18H25N3O3S/c1-12(14-9-6-10-25-14)19-15(22)11-21-16(23)18(2,20-17(21)24)13-7-4-3-5-8-13/h6,9-10,12-13H,3-5,7-8,11H2,1-2H3,(H,19,22)(H,20,24)/t12-,18-/m1/s1. The highest BCUT2D eigenvalue weighted by Gasteiger charge is 2.52. The molecule has 2 N–H and O–H groups in total. The number of hydrogen-bond acceptors (Lipinski definition) is 4. The summed E-state index contributed by atoms with van der Waals surface area (Å²) in [6.45, 7) is 3.46. The maximum Gasteiger partial charge on any atom is 0.325 e. The van der Waals surface area contributed by atoms with Gasteiger partial charge in [-0.25, -0.2) is 4.79 Å². The molecule has 2 fully saturated rings. The van der Waals surface area contributed by atoms with Crippen molar-refractivity contribution in [1.29, 1.82) is 0 Å². The Morgan fingerprint density at radius 2 is 2.12 bits per heavy atom. The Balaban J connectivity index is 1.63. The molecular formula is C18H25N3O3S. The molecule has 2 heterocycles. The first-order valence-electron chi connectivity index (χ1n) is 8.88. The Morgan fingerprint density at radius 1 is 1.40 bits per heavy atom. The largest absolute Gasteiger partial charge is 0.347 e. The molecule has 0 bridgehead atoms. The van der Waals surface area contributed by atoms with E-state index in [2.05, 4.69) is 10.6 Å². The van der Waals surface area contributed by atoms with Crippen molar-refractivity contribution in [3.05, 3.63) is 22.4 Å². The lowest BCUT2D eigenvalue weighted by molar-refractivity contribution is -0.136. The summed E-state index contributed by atoms with van der Waals surface area (Å²) in [5.74, 6) is -0.448. The number of nitrogens with zero attached hydrogens (tertiary/aromatic N) is 1. The molecule has 2 aliphatic rings. The third kappa shape index (κ3) is 3.56. The number of nitrogens with one attached hydrogen (secondary N) is 2. The zero-order valence-electron chi connectivity index (χ0n) is 14.7. The molecule has 136 valence electrons. The zero-order chi connectivity index (χ0) is 18.0. The molecule has 25 heavy (non-hydrogen) atoms. The van der Waals surface area contributed by atoms with E-state index in [4.69, 9.17) is 0 Å². The Bertz CT molecular complexity index is 655. The quantitative estimate of drug-likeness (QED) is 0.790. The van der Waals surface area contributed by atoms with Crippen molar-refractivity contribution in [2.45, 2.75) is 57.5 Å². The van der Waals surface area contributed by atoms with Crippen molar-refractivity contribution in [3.63, 3.8) is 0 Å². The Labute approximate surface area is 152 Å². The van der Waals surface area contributed by atoms with Gasteiger partial charge in [0.1, 0.15) is 12.1 Å². The number of imide groups is 1. The third-order valence-corrected chi connectivity index (χ3v) is 6.43. The van der Waals surface area contributed by atoms with Crippen LogP contribution in [-0.4, -0.2) is 34.8 Å². The van der Waals surface area contributed by atoms with Crippen LogP contribution in [0.15, 0.2) is 17.5 Å². The lowest BCUT2D eigenvalue weighted by atomic mass is 9.75. The topological polar surface area (TPSA) is 78.5 Å². The molecule has 1 aromatic heterocycles. The first kappa shape index (κ1) is 17.9. The Morgan fingerprint density at radius 3 is 2.76 bits per heavy atom. The Hall–Kier alpha value is -1.89. The van der Waals surface area contributed by atoms with Crippen LogP contribution in [0.5, 0.6) is 0 Å². The van der Waals surface area contributed by atoms with Gasteiger partial charge in [0.05, 0.1) is 6.04 Å². The second-order valence-corrected chi connectivity index (χ2v) is 8.14. The van der Waals surface area contributed by atoms with Gasteiger partial charge in [-0.3, -0.25) is 14.5 Å². The lowest BCUT2D eigenvalue weighted by Crippen LogP contribution is -2.51. The van der Waals surface area contributed by atoms with Crippen LogP contribution in [-0.2, 0) is 9.59 Å². The molecule has 0 unspecified atom stereocenters. The second kappa shape index (κ2) is 7.15. The molecule has 1 saturated heterocycles. The number of carbonyl (C=O) groups is 3. The minimum Gasteiger partial charge on any atom is -0.347 e. The molecule has 1 aromatic rings. The van der Waals surface area contributed by atoms with Gasteiger partial charge in [0.25, 0.3) is 5.91 Å². The zero-order valence-corrected chi connectivity index (χ0v) is 15.5. The van der Waals surface area contributed by atoms with E-state index in [1.807, 2.05) is 24.4 Å². The van der Waals surface area contributed by atoms with Crippen LogP contribution in [0.2, 0.25) is 0 Å². The lowest BCUT2D eigenvalue weighted by Gasteiger charge is -2.34. The summed E-state index contributed by atoms with van der Waals surface area (Å²) in [4.78, 5) is 39.6. The molecule has 0 spiro atoms. The minimum absolute atomic E-state index is 0.141. The fraction of sp³-hybridized carbons (Fsp3) is 0.611. The summed E-state index contributed by atoms with van der Waals surface area (Å²) in [7, 11) is 0. The third-order valence-electron chi connectivity index (χ3n) is 5.37. The summed E-state index contributed by atoms with van der Waals surface area (Å²) < 4.78 is 0. The van der Waals surface area contributed by atoms with Gasteiger partial charge in [-0.15, -0.1) is 11.3 Å². The molecule has 7 heteroatoms. The summed E-state index contributed by atoms with van der Waals surface area (Å²) in [5, 5.41) is 7.65. The Kier molecular flexibility index (Phi) is 5.13. The number of rotatable bonds is 5. The van der Waals surface area contributed by atoms with E-state index in [0.29, 0.717) is 0 Å². The number of thiophene rings is 1. The van der Waals surface area contributed by atoms with Crippen LogP contribution < -0.4 is 10.6 Å². The maximum absolute atomic E-state index is 12.9. The van der Waals surface area contributed by atoms with Crippen LogP contribution in [0.3, 0.4) is 0 Å². The molecule has 0 radical (unpaired) electrons. The van der Waals surface area contributed by atoms with E-state index in [0.717, 1.165) is 35.5 Å². The number of urea groups is 1. The highest BCUT2D eigenvalue weighted by molar-refractivity contribution is 7.10. The predicted molar refractivity (Wildman–Crippen MR) is 96.1 cm³/mol. The van der Waals surface area contributed by atoms with E-state index in [1.54, 1.807) is 18.3 Å². The first-order chi connectivity index (χ1) is 11.9. The van der Waals surface area contributed by atoms with Crippen molar-refractivity contribution in [3.8, 4) is 0 Å². The monoisotopic (exact) mass is 363 g/mol. The van der Waals surface area contributed by atoms with Crippen molar-refractivity contribution < 1.29 is 14.4 Å². The molecule has 1 aliphatic heterocycles. The van der Waals surface area contributed by atoms with Crippen LogP contribution in [0.25, 0.3) is 0 Å². The molecular weight excluding hydrogens is 338 g/mol. The van der Waals surface area contributed by atoms with Gasteiger partial charge in [-0.1, -0.05) is 25.3 Å². The molecule has 0 aromatic carbocycles. The highest BCUT2D eigenvalue weighted by Crippen LogP contribution is 2.36. The van der Waals surface area contributed by atoms with Gasteiger partial charge < -0.3 is 10.6 Å². The van der Waals surface area contributed by atoms with Gasteiger partial charge in [0.15, 0.2) is 0 Å². The second-order valence-electron chi connectivity index (χ2n) is 7.16. The molecule has 1 saturated carbocycles. The van der Waals surface area contributed by atoms with Gasteiger partial charge in [0.2, 0.25) is 5.91 Å². The molecule has 2 atom stereocenters. The number of hydrogen-bond donors (Lipinski definition) is 2.